The summed E-state index contributed by atoms with van der Waals surface area (Å²) in [5, 5.41) is 3.35. The van der Waals surface area contributed by atoms with Crippen LogP contribution in [0.25, 0.3) is 0 Å². The molecule has 2 heteroatoms. The second kappa shape index (κ2) is 7.26. The quantitative estimate of drug-likeness (QED) is 0.553. The van der Waals surface area contributed by atoms with Gasteiger partial charge in [0.2, 0.25) is 0 Å². The summed E-state index contributed by atoms with van der Waals surface area (Å²) in [6, 6.07) is 0.599. The van der Waals surface area contributed by atoms with Crippen LogP contribution < -0.4 is 5.32 Å². The van der Waals surface area contributed by atoms with Crippen molar-refractivity contribution in [2.45, 2.75) is 44.8 Å². The normalized spacial score (nSPS) is 28.4. The van der Waals surface area contributed by atoms with E-state index in [4.69, 9.17) is 0 Å². The molecule has 1 aliphatic carbocycles. The minimum absolute atomic E-state index is 0.599. The molecule has 0 spiro atoms. The van der Waals surface area contributed by atoms with Crippen LogP contribution in [-0.2, 0) is 0 Å². The zero-order valence-electron chi connectivity index (χ0n) is 10.0. The van der Waals surface area contributed by atoms with Gasteiger partial charge in [-0.15, -0.1) is 0 Å². The van der Waals surface area contributed by atoms with Gasteiger partial charge >= 0.3 is 0 Å². The van der Waals surface area contributed by atoms with Crippen LogP contribution in [0.3, 0.4) is 0 Å². The molecule has 0 amide bonds. The van der Waals surface area contributed by atoms with Gasteiger partial charge in [0.05, 0.1) is 0 Å². The van der Waals surface area contributed by atoms with Crippen molar-refractivity contribution in [3.05, 3.63) is 37.1 Å². The van der Waals surface area contributed by atoms with Crippen LogP contribution in [0.2, 0.25) is 0 Å². The molecule has 1 atom stereocenters. The third-order valence-electron chi connectivity index (χ3n) is 3.08. The first-order valence-corrected chi connectivity index (χ1v) is 6.08. The lowest BCUT2D eigenvalue weighted by Crippen LogP contribution is -2.28. The lowest BCUT2D eigenvalue weighted by Gasteiger charge is -2.26. The molecule has 16 heavy (non-hydrogen) atoms. The van der Waals surface area contributed by atoms with Crippen molar-refractivity contribution in [1.29, 1.82) is 0 Å². The highest BCUT2D eigenvalue weighted by atomic mass is 19.1. The fraction of sp³-hybridized carbons (Fsp3) is 0.571. The first kappa shape index (κ1) is 13.0. The number of nitrogens with one attached hydrogen (secondary N) is 1. The van der Waals surface area contributed by atoms with Gasteiger partial charge in [0, 0.05) is 6.04 Å². The van der Waals surface area contributed by atoms with E-state index >= 15 is 0 Å². The van der Waals surface area contributed by atoms with E-state index in [2.05, 4.69) is 18.8 Å². The van der Waals surface area contributed by atoms with E-state index in [1.807, 2.05) is 12.3 Å². The maximum Gasteiger partial charge on any atom is 0.137 e. The topological polar surface area (TPSA) is 12.0 Å². The summed E-state index contributed by atoms with van der Waals surface area (Å²) in [6.45, 7) is 5.69. The molecule has 0 bridgehead atoms. The predicted molar refractivity (Wildman–Crippen MR) is 67.9 cm³/mol. The molecule has 0 radical (unpaired) electrons. The Hall–Kier alpha value is -1.05. The average Bonchev–Trinajstić information content (AvgIpc) is 2.31. The molecule has 0 aromatic rings. The molecule has 1 saturated carbocycles. The lowest BCUT2D eigenvalue weighted by atomic mass is 9.87. The van der Waals surface area contributed by atoms with Gasteiger partial charge in [0.15, 0.2) is 0 Å². The van der Waals surface area contributed by atoms with Crippen LogP contribution in [0, 0.1) is 5.92 Å². The number of rotatable bonds is 5. The largest absolute Gasteiger partial charge is 0.388 e. The molecule has 1 rings (SSSR count). The number of hydrogen-bond acceptors (Lipinski definition) is 1. The van der Waals surface area contributed by atoms with Gasteiger partial charge < -0.3 is 5.32 Å². The third-order valence-corrected chi connectivity index (χ3v) is 3.08. The third kappa shape index (κ3) is 5.15. The highest BCUT2D eigenvalue weighted by Gasteiger charge is 2.16. The van der Waals surface area contributed by atoms with Crippen molar-refractivity contribution < 1.29 is 4.39 Å². The summed E-state index contributed by atoms with van der Waals surface area (Å²) in [7, 11) is 0. The van der Waals surface area contributed by atoms with Crippen LogP contribution in [0.1, 0.15) is 32.6 Å². The molecule has 1 N–H and O–H groups in total. The monoisotopic (exact) mass is 223 g/mol. The Kier molecular flexibility index (Phi) is 5.91. The van der Waals surface area contributed by atoms with E-state index in [-0.39, 0.29) is 0 Å². The van der Waals surface area contributed by atoms with Crippen LogP contribution in [0.5, 0.6) is 0 Å². The first-order chi connectivity index (χ1) is 7.72. The fourth-order valence-corrected chi connectivity index (χ4v) is 1.92. The molecule has 1 nitrogen and oxygen atoms in total. The molecular weight excluding hydrogens is 201 g/mol. The molecule has 1 aliphatic rings. The Morgan fingerprint density at radius 1 is 1.25 bits per heavy atom. The Morgan fingerprint density at radius 3 is 2.56 bits per heavy atom. The van der Waals surface area contributed by atoms with Crippen molar-refractivity contribution in [1.82, 2.24) is 5.32 Å². The fourth-order valence-electron chi connectivity index (χ4n) is 1.92. The van der Waals surface area contributed by atoms with Crippen LogP contribution in [-0.4, -0.2) is 12.2 Å². The summed E-state index contributed by atoms with van der Waals surface area (Å²) in [4.78, 5) is 0. The number of alkyl halides is 1. The first-order valence-electron chi connectivity index (χ1n) is 6.08. The van der Waals surface area contributed by atoms with Gasteiger partial charge in [-0.1, -0.05) is 25.7 Å². The second-order valence-electron chi connectivity index (χ2n) is 4.55. The Balaban J connectivity index is 2.16. The van der Waals surface area contributed by atoms with Crippen molar-refractivity contribution in [3.8, 4) is 0 Å². The molecule has 0 saturated heterocycles. The van der Waals surface area contributed by atoms with Gasteiger partial charge in [-0.2, -0.15) is 0 Å². The van der Waals surface area contributed by atoms with E-state index in [9.17, 15) is 4.39 Å². The molecule has 0 heterocycles. The van der Waals surface area contributed by atoms with Gasteiger partial charge in [-0.05, 0) is 50.0 Å². The van der Waals surface area contributed by atoms with E-state index in [0.29, 0.717) is 6.04 Å². The Morgan fingerprint density at radius 2 is 1.94 bits per heavy atom. The Bertz CT molecular complexity index is 249. The summed E-state index contributed by atoms with van der Waals surface area (Å²) in [5.74, 6) is 0.877. The molecule has 1 unspecified atom stereocenters. The lowest BCUT2D eigenvalue weighted by molar-refractivity contribution is 0.325. The molecule has 90 valence electrons. The van der Waals surface area contributed by atoms with Crippen LogP contribution in [0.4, 0.5) is 4.39 Å². The Labute approximate surface area is 98.1 Å². The summed E-state index contributed by atoms with van der Waals surface area (Å²) in [6.07, 6.45) is 12.3. The maximum atomic E-state index is 12.7. The minimum atomic E-state index is -1.04. The molecular formula is C14H22FN. The zero-order chi connectivity index (χ0) is 11.8. The molecule has 0 aromatic heterocycles. The van der Waals surface area contributed by atoms with E-state index in [1.165, 1.54) is 37.8 Å². The summed E-state index contributed by atoms with van der Waals surface area (Å²) in [5.41, 5.74) is 0. The van der Waals surface area contributed by atoms with E-state index in [0.717, 1.165) is 5.92 Å². The van der Waals surface area contributed by atoms with Crippen molar-refractivity contribution in [3.63, 3.8) is 0 Å². The zero-order valence-corrected chi connectivity index (χ0v) is 10.0. The SMILES string of the molecule is C=CC(F)C=C/C=C/NC1CCC(C)CC1. The standard InChI is InChI=1S/C14H22FN/c1-3-13(15)6-4-5-11-16-14-9-7-12(2)8-10-14/h3-6,11-14,16H,1,7-10H2,2H3/b6-4?,11-5+. The van der Waals surface area contributed by atoms with E-state index in [1.54, 1.807) is 6.08 Å². The minimum Gasteiger partial charge on any atom is -0.388 e. The molecule has 1 fully saturated rings. The van der Waals surface area contributed by atoms with E-state index < -0.39 is 6.17 Å². The van der Waals surface area contributed by atoms with Gasteiger partial charge in [-0.25, -0.2) is 4.39 Å². The highest BCUT2D eigenvalue weighted by Crippen LogP contribution is 2.23. The van der Waals surface area contributed by atoms with Crippen LogP contribution in [0.15, 0.2) is 37.1 Å². The highest BCUT2D eigenvalue weighted by molar-refractivity contribution is 5.08. The molecule has 0 aromatic carbocycles. The predicted octanol–water partition coefficient (Wildman–Crippen LogP) is 3.75. The number of hydrogen-bond donors (Lipinski definition) is 1. The van der Waals surface area contributed by atoms with Crippen molar-refractivity contribution in [2.24, 2.45) is 5.92 Å². The smallest absolute Gasteiger partial charge is 0.137 e. The molecule has 0 aliphatic heterocycles. The van der Waals surface area contributed by atoms with Gasteiger partial charge in [-0.3, -0.25) is 0 Å². The summed E-state index contributed by atoms with van der Waals surface area (Å²) < 4.78 is 12.7. The van der Waals surface area contributed by atoms with Gasteiger partial charge in [0.25, 0.3) is 0 Å². The number of allylic oxidation sites excluding steroid dienone is 4. The van der Waals surface area contributed by atoms with Crippen molar-refractivity contribution >= 4 is 0 Å². The second-order valence-corrected chi connectivity index (χ2v) is 4.55. The van der Waals surface area contributed by atoms with Crippen molar-refractivity contribution in [2.75, 3.05) is 0 Å². The maximum absolute atomic E-state index is 12.7. The number of halogens is 1. The van der Waals surface area contributed by atoms with Gasteiger partial charge in [0.1, 0.15) is 6.17 Å². The van der Waals surface area contributed by atoms with Crippen LogP contribution >= 0.6 is 0 Å². The summed E-state index contributed by atoms with van der Waals surface area (Å²) >= 11 is 0. The average molecular weight is 223 g/mol.